The van der Waals surface area contributed by atoms with Gasteiger partial charge in [-0.1, -0.05) is 30.3 Å². The summed E-state index contributed by atoms with van der Waals surface area (Å²) in [6, 6.07) is 10.9. The molecule has 0 aliphatic carbocycles. The average Bonchev–Trinajstić information content (AvgIpc) is 3.30. The van der Waals surface area contributed by atoms with Crippen molar-refractivity contribution in [2.75, 3.05) is 32.8 Å². The van der Waals surface area contributed by atoms with Gasteiger partial charge in [0, 0.05) is 38.3 Å². The summed E-state index contributed by atoms with van der Waals surface area (Å²) in [7, 11) is 0. The van der Waals surface area contributed by atoms with Gasteiger partial charge in [-0.25, -0.2) is 4.39 Å². The molecule has 1 N–H and O–H groups in total. The van der Waals surface area contributed by atoms with Gasteiger partial charge in [0.05, 0.1) is 18.4 Å². The quantitative estimate of drug-likeness (QED) is 0.571. The molecule has 5 rings (SSSR count). The van der Waals surface area contributed by atoms with Crippen molar-refractivity contribution in [1.82, 2.24) is 9.80 Å². The van der Waals surface area contributed by atoms with Gasteiger partial charge in [-0.15, -0.1) is 0 Å². The summed E-state index contributed by atoms with van der Waals surface area (Å²) in [5.74, 6) is 0.818. The second kappa shape index (κ2) is 9.97. The lowest BCUT2D eigenvalue weighted by molar-refractivity contribution is -0.150. The van der Waals surface area contributed by atoms with Crippen LogP contribution >= 0.6 is 0 Å². The molecule has 2 aromatic rings. The summed E-state index contributed by atoms with van der Waals surface area (Å²) >= 11 is 0. The third-order valence-corrected chi connectivity index (χ3v) is 8.06. The minimum Gasteiger partial charge on any atom is -0.493 e. The molecule has 37 heavy (non-hydrogen) atoms. The van der Waals surface area contributed by atoms with Gasteiger partial charge >= 0.3 is 5.97 Å². The minimum absolute atomic E-state index is 0.247. The van der Waals surface area contributed by atoms with Crippen LogP contribution in [0.25, 0.3) is 11.1 Å². The number of benzene rings is 2. The Morgan fingerprint density at radius 1 is 1.16 bits per heavy atom. The fraction of sp³-hybridized carbons (Fsp3) is 0.517. The SMILES string of the molecule is CCOc1cc(CN2CC3(CC(N4CCC(C)(C(=O)O)CC4)=NO3)C2)cc(CC)c1-c1ccc(F)cc1. The average molecular weight is 510 g/mol. The van der Waals surface area contributed by atoms with E-state index in [1.54, 1.807) is 0 Å². The normalized spacial score (nSPS) is 20.3. The Labute approximate surface area is 217 Å². The number of carbonyl (C=O) groups is 1. The van der Waals surface area contributed by atoms with Crippen molar-refractivity contribution in [2.24, 2.45) is 10.6 Å². The summed E-state index contributed by atoms with van der Waals surface area (Å²) in [6.07, 6.45) is 2.86. The first-order chi connectivity index (χ1) is 17.7. The van der Waals surface area contributed by atoms with E-state index in [1.807, 2.05) is 26.0 Å². The first kappa shape index (κ1) is 25.5. The van der Waals surface area contributed by atoms with E-state index in [0.29, 0.717) is 32.5 Å². The molecule has 3 aliphatic heterocycles. The number of ether oxygens (including phenoxy) is 1. The molecule has 0 atom stereocenters. The van der Waals surface area contributed by atoms with Crippen LogP contribution in [0.1, 0.15) is 51.2 Å². The highest BCUT2D eigenvalue weighted by molar-refractivity contribution is 5.85. The number of carboxylic acids is 1. The van der Waals surface area contributed by atoms with Gasteiger partial charge < -0.3 is 19.6 Å². The Kier molecular flexibility index (Phi) is 6.88. The second-order valence-corrected chi connectivity index (χ2v) is 10.9. The number of halogens is 1. The number of aryl methyl sites for hydroxylation is 1. The number of amidine groups is 1. The lowest BCUT2D eigenvalue weighted by atomic mass is 9.80. The highest BCUT2D eigenvalue weighted by Crippen LogP contribution is 2.40. The highest BCUT2D eigenvalue weighted by atomic mass is 19.1. The summed E-state index contributed by atoms with van der Waals surface area (Å²) in [4.78, 5) is 22.0. The first-order valence-electron chi connectivity index (χ1n) is 13.2. The van der Waals surface area contributed by atoms with Crippen LogP contribution in [0, 0.1) is 11.2 Å². The summed E-state index contributed by atoms with van der Waals surface area (Å²) in [5, 5.41) is 13.9. The van der Waals surface area contributed by atoms with Gasteiger partial charge in [0.25, 0.3) is 0 Å². The molecule has 2 aromatic carbocycles. The van der Waals surface area contributed by atoms with E-state index < -0.39 is 11.4 Å². The van der Waals surface area contributed by atoms with Gasteiger partial charge in [-0.2, -0.15) is 0 Å². The molecule has 0 radical (unpaired) electrons. The third-order valence-electron chi connectivity index (χ3n) is 8.06. The molecule has 0 saturated carbocycles. The molecule has 2 fully saturated rings. The fourth-order valence-electron chi connectivity index (χ4n) is 5.77. The zero-order chi connectivity index (χ0) is 26.2. The first-order valence-corrected chi connectivity index (χ1v) is 13.2. The van der Waals surface area contributed by atoms with E-state index >= 15 is 0 Å². The van der Waals surface area contributed by atoms with Crippen molar-refractivity contribution in [3.05, 3.63) is 53.3 Å². The monoisotopic (exact) mass is 509 g/mol. The molecule has 2 saturated heterocycles. The van der Waals surface area contributed by atoms with Crippen molar-refractivity contribution in [3.8, 4) is 16.9 Å². The van der Waals surface area contributed by atoms with Crippen molar-refractivity contribution < 1.29 is 23.9 Å². The number of rotatable bonds is 7. The smallest absolute Gasteiger partial charge is 0.309 e. The van der Waals surface area contributed by atoms with Gasteiger partial charge in [0.1, 0.15) is 17.4 Å². The summed E-state index contributed by atoms with van der Waals surface area (Å²) in [6.45, 7) is 10.3. The molecule has 3 aliphatic rings. The number of hydrogen-bond donors (Lipinski definition) is 1. The molecular weight excluding hydrogens is 473 g/mol. The zero-order valence-corrected chi connectivity index (χ0v) is 21.9. The predicted octanol–water partition coefficient (Wildman–Crippen LogP) is 4.93. The highest BCUT2D eigenvalue weighted by Gasteiger charge is 2.51. The van der Waals surface area contributed by atoms with Crippen LogP contribution in [0.15, 0.2) is 41.6 Å². The van der Waals surface area contributed by atoms with E-state index in [1.165, 1.54) is 23.3 Å². The maximum Gasteiger partial charge on any atom is 0.309 e. The number of nitrogens with zero attached hydrogens (tertiary/aromatic N) is 3. The molecule has 8 heteroatoms. The molecule has 0 unspecified atom stereocenters. The molecule has 0 bridgehead atoms. The maximum absolute atomic E-state index is 13.5. The van der Waals surface area contributed by atoms with Crippen LogP contribution in [-0.2, 0) is 22.6 Å². The van der Waals surface area contributed by atoms with Crippen molar-refractivity contribution >= 4 is 11.8 Å². The zero-order valence-electron chi connectivity index (χ0n) is 21.9. The molecule has 7 nitrogen and oxygen atoms in total. The van der Waals surface area contributed by atoms with Crippen molar-refractivity contribution in [3.63, 3.8) is 0 Å². The van der Waals surface area contributed by atoms with Crippen LogP contribution in [0.2, 0.25) is 0 Å². The van der Waals surface area contributed by atoms with Crippen LogP contribution in [-0.4, -0.2) is 65.1 Å². The largest absolute Gasteiger partial charge is 0.493 e. The second-order valence-electron chi connectivity index (χ2n) is 10.9. The van der Waals surface area contributed by atoms with Crippen molar-refractivity contribution in [2.45, 2.75) is 58.6 Å². The lowest BCUT2D eigenvalue weighted by Gasteiger charge is -2.45. The Morgan fingerprint density at radius 2 is 1.86 bits per heavy atom. The molecule has 0 amide bonds. The Balaban J connectivity index is 1.22. The van der Waals surface area contributed by atoms with Crippen LogP contribution < -0.4 is 4.74 Å². The molecule has 3 heterocycles. The van der Waals surface area contributed by atoms with E-state index in [9.17, 15) is 14.3 Å². The van der Waals surface area contributed by atoms with Crippen LogP contribution in [0.3, 0.4) is 0 Å². The van der Waals surface area contributed by atoms with E-state index in [2.05, 4.69) is 34.0 Å². The lowest BCUT2D eigenvalue weighted by Crippen LogP contribution is -2.61. The van der Waals surface area contributed by atoms with Gasteiger partial charge in [-0.3, -0.25) is 9.69 Å². The molecular formula is C29H36FN3O4. The predicted molar refractivity (Wildman–Crippen MR) is 140 cm³/mol. The van der Waals surface area contributed by atoms with Crippen LogP contribution in [0.4, 0.5) is 4.39 Å². The van der Waals surface area contributed by atoms with Gasteiger partial charge in [-0.05, 0) is 68.0 Å². The Bertz CT molecular complexity index is 1180. The Hall–Kier alpha value is -3.13. The maximum atomic E-state index is 13.5. The number of hydrogen-bond acceptors (Lipinski definition) is 6. The number of likely N-dealkylation sites (tertiary alicyclic amines) is 2. The number of aliphatic carboxylic acids is 1. The van der Waals surface area contributed by atoms with E-state index in [0.717, 1.165) is 55.2 Å². The van der Waals surface area contributed by atoms with E-state index in [4.69, 9.17) is 9.57 Å². The number of oxime groups is 1. The van der Waals surface area contributed by atoms with Gasteiger partial charge in [0.2, 0.25) is 0 Å². The van der Waals surface area contributed by atoms with Crippen molar-refractivity contribution in [1.29, 1.82) is 0 Å². The van der Waals surface area contributed by atoms with Gasteiger partial charge in [0.15, 0.2) is 5.60 Å². The van der Waals surface area contributed by atoms with Crippen LogP contribution in [0.5, 0.6) is 5.75 Å². The molecule has 1 spiro atoms. The molecule has 0 aromatic heterocycles. The fourth-order valence-corrected chi connectivity index (χ4v) is 5.77. The standard InChI is InChI=1S/C29H36FN3O4/c1-4-21-14-20(15-24(36-5-2)26(21)22-6-8-23(30)9-7-22)17-32-18-29(19-32)16-25(31-37-29)33-12-10-28(3,11-13-33)27(34)35/h6-9,14-15H,4-5,10-13,16-19H2,1-3H3,(H,34,35). The minimum atomic E-state index is -0.715. The number of piperidine rings is 1. The number of carboxylic acid groups (broad SMARTS) is 1. The van der Waals surface area contributed by atoms with E-state index in [-0.39, 0.29) is 11.4 Å². The molecule has 198 valence electrons. The summed E-state index contributed by atoms with van der Waals surface area (Å²) < 4.78 is 19.6. The summed E-state index contributed by atoms with van der Waals surface area (Å²) in [5.41, 5.74) is 3.43. The third kappa shape index (κ3) is 5.04. The Morgan fingerprint density at radius 3 is 2.49 bits per heavy atom. The topological polar surface area (TPSA) is 74.6 Å².